The van der Waals surface area contributed by atoms with E-state index in [1.165, 1.54) is 40.4 Å². The molecule has 2 aromatic heterocycles. The number of carbonyl (C=O) groups excluding carboxylic acids is 2. The van der Waals surface area contributed by atoms with Crippen molar-refractivity contribution in [2.24, 2.45) is 0 Å². The quantitative estimate of drug-likeness (QED) is 0.109. The summed E-state index contributed by atoms with van der Waals surface area (Å²) < 4.78 is 0.628. The minimum Gasteiger partial charge on any atom is -0.507 e. The van der Waals surface area contributed by atoms with E-state index in [1.54, 1.807) is 12.1 Å². The molecule has 4 aromatic rings. The molecule has 10 heteroatoms. The standard InChI is InChI=1S/C26H19ClN4O3S2/c1-15-6-8-16(9-7-15)21-20(22(32)17-10-12-28-13-11-17)23(33)24(34)31(21)25-29-30-26(36-25)35-14-18-4-2-3-5-19(18)27/h2-13,21,32H,14H2,1H3/b22-20+. The molecule has 36 heavy (non-hydrogen) atoms. The average molecular weight is 535 g/mol. The Morgan fingerprint density at radius 1 is 1.06 bits per heavy atom. The lowest BCUT2D eigenvalue weighted by molar-refractivity contribution is -0.132. The zero-order valence-corrected chi connectivity index (χ0v) is 21.3. The molecule has 1 unspecified atom stereocenters. The van der Waals surface area contributed by atoms with Crippen LogP contribution in [-0.4, -0.2) is 32.0 Å². The lowest BCUT2D eigenvalue weighted by Crippen LogP contribution is -2.29. The number of carbonyl (C=O) groups is 2. The molecule has 1 aliphatic heterocycles. The maximum absolute atomic E-state index is 13.3. The molecule has 5 rings (SSSR count). The van der Waals surface area contributed by atoms with Crippen LogP contribution in [0.4, 0.5) is 5.13 Å². The smallest absolute Gasteiger partial charge is 0.301 e. The van der Waals surface area contributed by atoms with Crippen LogP contribution in [0.1, 0.15) is 28.3 Å². The highest BCUT2D eigenvalue weighted by molar-refractivity contribution is 8.00. The van der Waals surface area contributed by atoms with Gasteiger partial charge in [-0.15, -0.1) is 10.2 Å². The second kappa shape index (κ2) is 10.2. The molecule has 2 aromatic carbocycles. The number of rotatable bonds is 6. The highest BCUT2D eigenvalue weighted by atomic mass is 35.5. The van der Waals surface area contributed by atoms with Crippen molar-refractivity contribution >= 4 is 57.3 Å². The van der Waals surface area contributed by atoms with Crippen LogP contribution in [0.15, 0.2) is 83.0 Å². The first kappa shape index (κ1) is 24.2. The Bertz CT molecular complexity index is 1470. The van der Waals surface area contributed by atoms with Gasteiger partial charge in [-0.05, 0) is 36.2 Å². The molecule has 3 heterocycles. The van der Waals surface area contributed by atoms with Crippen LogP contribution in [0.3, 0.4) is 0 Å². The zero-order chi connectivity index (χ0) is 25.2. The fraction of sp³-hybridized carbons (Fsp3) is 0.115. The van der Waals surface area contributed by atoms with Gasteiger partial charge in [-0.2, -0.15) is 0 Å². The number of ketones is 1. The molecule has 0 saturated carbocycles. The molecular weight excluding hydrogens is 516 g/mol. The van der Waals surface area contributed by atoms with Crippen molar-refractivity contribution < 1.29 is 14.7 Å². The molecule has 180 valence electrons. The maximum Gasteiger partial charge on any atom is 0.301 e. The lowest BCUT2D eigenvalue weighted by atomic mass is 9.95. The number of anilines is 1. The van der Waals surface area contributed by atoms with Crippen molar-refractivity contribution in [2.75, 3.05) is 4.90 Å². The second-order valence-corrected chi connectivity index (χ2v) is 10.6. The number of halogens is 1. The second-order valence-electron chi connectivity index (χ2n) is 8.05. The summed E-state index contributed by atoms with van der Waals surface area (Å²) in [4.78, 5) is 31.8. The number of aliphatic hydroxyl groups is 1. The highest BCUT2D eigenvalue weighted by Crippen LogP contribution is 2.44. The van der Waals surface area contributed by atoms with Crippen LogP contribution in [-0.2, 0) is 15.3 Å². The number of hydrogen-bond acceptors (Lipinski definition) is 8. The molecule has 1 N–H and O–H groups in total. The first-order chi connectivity index (χ1) is 17.4. The Morgan fingerprint density at radius 2 is 1.78 bits per heavy atom. The van der Waals surface area contributed by atoms with Crippen LogP contribution in [0, 0.1) is 6.92 Å². The van der Waals surface area contributed by atoms with Crippen LogP contribution >= 0.6 is 34.7 Å². The molecule has 1 aliphatic rings. The summed E-state index contributed by atoms with van der Waals surface area (Å²) >= 11 is 8.91. The normalized spacial score (nSPS) is 17.1. The van der Waals surface area contributed by atoms with Gasteiger partial charge in [0.25, 0.3) is 5.78 Å². The number of Topliss-reactive ketones (excluding diaryl/α,β-unsaturated/α-hetero) is 1. The fourth-order valence-corrected chi connectivity index (χ4v) is 6.03. The van der Waals surface area contributed by atoms with Gasteiger partial charge in [0, 0.05) is 28.7 Å². The van der Waals surface area contributed by atoms with Crippen molar-refractivity contribution in [3.63, 3.8) is 0 Å². The van der Waals surface area contributed by atoms with Crippen LogP contribution in [0.2, 0.25) is 5.02 Å². The zero-order valence-electron chi connectivity index (χ0n) is 19.0. The third-order valence-electron chi connectivity index (χ3n) is 5.70. The van der Waals surface area contributed by atoms with Gasteiger partial charge in [0.15, 0.2) is 4.34 Å². The molecule has 1 atom stereocenters. The number of aryl methyl sites for hydroxylation is 1. The number of aliphatic hydroxyl groups excluding tert-OH is 1. The predicted molar refractivity (Wildman–Crippen MR) is 141 cm³/mol. The van der Waals surface area contributed by atoms with Gasteiger partial charge in [0.1, 0.15) is 5.76 Å². The van der Waals surface area contributed by atoms with Gasteiger partial charge in [0.2, 0.25) is 5.13 Å². The molecule has 0 spiro atoms. The highest BCUT2D eigenvalue weighted by Gasteiger charge is 2.48. The summed E-state index contributed by atoms with van der Waals surface area (Å²) in [5.74, 6) is -1.23. The SMILES string of the molecule is Cc1ccc(C2/C(=C(\O)c3ccncc3)C(=O)C(=O)N2c2nnc(SCc3ccccc3Cl)s2)cc1. The van der Waals surface area contributed by atoms with Crippen LogP contribution in [0.25, 0.3) is 5.76 Å². The van der Waals surface area contributed by atoms with E-state index < -0.39 is 17.7 Å². The molecule has 1 amide bonds. The van der Waals surface area contributed by atoms with Gasteiger partial charge < -0.3 is 5.11 Å². The van der Waals surface area contributed by atoms with Gasteiger partial charge in [0.05, 0.1) is 11.6 Å². The third kappa shape index (κ3) is 4.65. The topological polar surface area (TPSA) is 96.3 Å². The van der Waals surface area contributed by atoms with Gasteiger partial charge in [-0.25, -0.2) is 0 Å². The van der Waals surface area contributed by atoms with Crippen molar-refractivity contribution in [2.45, 2.75) is 23.1 Å². The number of hydrogen-bond donors (Lipinski definition) is 1. The molecule has 0 radical (unpaired) electrons. The molecule has 7 nitrogen and oxygen atoms in total. The summed E-state index contributed by atoms with van der Waals surface area (Å²) in [5.41, 5.74) is 3.05. The maximum atomic E-state index is 13.3. The van der Waals surface area contributed by atoms with E-state index >= 15 is 0 Å². The van der Waals surface area contributed by atoms with E-state index in [0.29, 0.717) is 26.2 Å². The third-order valence-corrected chi connectivity index (χ3v) is 8.18. The van der Waals surface area contributed by atoms with Crippen LogP contribution < -0.4 is 4.90 Å². The molecular formula is C26H19ClN4O3S2. The Morgan fingerprint density at radius 3 is 2.50 bits per heavy atom. The number of benzene rings is 2. The molecule has 0 bridgehead atoms. The fourth-order valence-electron chi connectivity index (χ4n) is 3.87. The summed E-state index contributed by atoms with van der Waals surface area (Å²) in [5, 5.41) is 20.5. The minimum absolute atomic E-state index is 0.00414. The number of amides is 1. The summed E-state index contributed by atoms with van der Waals surface area (Å²) in [6.45, 7) is 1.95. The van der Waals surface area contributed by atoms with E-state index in [2.05, 4.69) is 15.2 Å². The number of nitrogens with zero attached hydrogens (tertiary/aromatic N) is 4. The average Bonchev–Trinajstić information content (AvgIpc) is 3.46. The van der Waals surface area contributed by atoms with E-state index in [4.69, 9.17) is 11.6 Å². The first-order valence-electron chi connectivity index (χ1n) is 10.9. The monoisotopic (exact) mass is 534 g/mol. The summed E-state index contributed by atoms with van der Waals surface area (Å²) in [7, 11) is 0. The van der Waals surface area contributed by atoms with Gasteiger partial charge >= 0.3 is 5.91 Å². The Labute approximate surface area is 220 Å². The Kier molecular flexibility index (Phi) is 6.86. The molecule has 0 aliphatic carbocycles. The predicted octanol–water partition coefficient (Wildman–Crippen LogP) is 5.81. The summed E-state index contributed by atoms with van der Waals surface area (Å²) in [6, 6.07) is 17.3. The van der Waals surface area contributed by atoms with Crippen molar-refractivity contribution in [1.29, 1.82) is 0 Å². The van der Waals surface area contributed by atoms with E-state index in [9.17, 15) is 14.7 Å². The van der Waals surface area contributed by atoms with Gasteiger partial charge in [-0.3, -0.25) is 19.5 Å². The van der Waals surface area contributed by atoms with E-state index in [-0.39, 0.29) is 16.5 Å². The summed E-state index contributed by atoms with van der Waals surface area (Å²) in [6.07, 6.45) is 3.03. The largest absolute Gasteiger partial charge is 0.507 e. The van der Waals surface area contributed by atoms with E-state index in [1.807, 2.05) is 55.5 Å². The number of aromatic nitrogens is 3. The molecule has 1 fully saturated rings. The van der Waals surface area contributed by atoms with Gasteiger partial charge in [-0.1, -0.05) is 82.7 Å². The lowest BCUT2D eigenvalue weighted by Gasteiger charge is -2.22. The van der Waals surface area contributed by atoms with Crippen molar-refractivity contribution in [3.8, 4) is 0 Å². The van der Waals surface area contributed by atoms with Crippen molar-refractivity contribution in [3.05, 3.63) is 106 Å². The van der Waals surface area contributed by atoms with Crippen LogP contribution in [0.5, 0.6) is 0 Å². The Hall–Kier alpha value is -3.53. The molecule has 1 saturated heterocycles. The first-order valence-corrected chi connectivity index (χ1v) is 13.1. The van der Waals surface area contributed by atoms with Crippen molar-refractivity contribution in [1.82, 2.24) is 15.2 Å². The minimum atomic E-state index is -0.854. The number of pyridine rings is 1. The number of thioether (sulfide) groups is 1. The Balaban J connectivity index is 1.54. The van der Waals surface area contributed by atoms with E-state index in [0.717, 1.165) is 11.1 Å².